The van der Waals surface area contributed by atoms with E-state index in [-0.39, 0.29) is 11.3 Å². The summed E-state index contributed by atoms with van der Waals surface area (Å²) in [6.45, 7) is 3.89. The normalized spacial score (nSPS) is 15.5. The molecule has 3 nitrogen and oxygen atoms in total. The molecule has 1 fully saturated rings. The molecule has 24 heavy (non-hydrogen) atoms. The predicted molar refractivity (Wildman–Crippen MR) is 92.3 cm³/mol. The molecular weight excluding hydrogens is 331 g/mol. The van der Waals surface area contributed by atoms with Crippen LogP contribution in [-0.4, -0.2) is 24.9 Å². The van der Waals surface area contributed by atoms with Crippen LogP contribution in [0.4, 0.5) is 4.39 Å². The van der Waals surface area contributed by atoms with E-state index in [0.29, 0.717) is 28.9 Å². The third-order valence-electron chi connectivity index (χ3n) is 4.33. The molecule has 1 N–H and O–H groups in total. The zero-order valence-corrected chi connectivity index (χ0v) is 14.3. The average molecular weight is 351 g/mol. The maximum Gasteiger partial charge on any atom is 0.131 e. The molecule has 1 aliphatic heterocycles. The maximum atomic E-state index is 14.2. The lowest BCUT2D eigenvalue weighted by molar-refractivity contribution is 0.0497. The summed E-state index contributed by atoms with van der Waals surface area (Å²) in [7, 11) is 0. The number of halogens is 2. The van der Waals surface area contributed by atoms with Crippen molar-refractivity contribution in [3.8, 4) is 22.6 Å². The Labute approximate surface area is 146 Å². The number of rotatable bonds is 4. The van der Waals surface area contributed by atoms with E-state index in [4.69, 9.17) is 21.1 Å². The van der Waals surface area contributed by atoms with Gasteiger partial charge in [-0.15, -0.1) is 0 Å². The Morgan fingerprint density at radius 3 is 2.71 bits per heavy atom. The van der Waals surface area contributed by atoms with Crippen LogP contribution in [0.1, 0.15) is 18.4 Å². The van der Waals surface area contributed by atoms with E-state index in [0.717, 1.165) is 31.6 Å². The highest BCUT2D eigenvalue weighted by Gasteiger charge is 2.16. The van der Waals surface area contributed by atoms with E-state index >= 15 is 0 Å². The van der Waals surface area contributed by atoms with E-state index in [9.17, 15) is 9.50 Å². The number of aromatic hydroxyl groups is 1. The third-order valence-corrected chi connectivity index (χ3v) is 4.74. The van der Waals surface area contributed by atoms with Crippen LogP contribution in [-0.2, 0) is 4.74 Å². The number of aryl methyl sites for hydroxylation is 1. The van der Waals surface area contributed by atoms with Gasteiger partial charge in [-0.25, -0.2) is 4.39 Å². The number of phenolic OH excluding ortho intramolecular Hbond substituents is 1. The first-order valence-corrected chi connectivity index (χ1v) is 8.42. The van der Waals surface area contributed by atoms with Crippen LogP contribution in [0.3, 0.4) is 0 Å². The Morgan fingerprint density at radius 2 is 1.96 bits per heavy atom. The largest absolute Gasteiger partial charge is 0.507 e. The monoisotopic (exact) mass is 350 g/mol. The minimum atomic E-state index is -0.427. The minimum absolute atomic E-state index is 0.00243. The Hall–Kier alpha value is -1.78. The molecule has 0 radical (unpaired) electrons. The summed E-state index contributed by atoms with van der Waals surface area (Å²) in [6.07, 6.45) is 1.95. The van der Waals surface area contributed by atoms with Crippen LogP contribution >= 0.6 is 11.6 Å². The van der Waals surface area contributed by atoms with Crippen molar-refractivity contribution in [3.63, 3.8) is 0 Å². The topological polar surface area (TPSA) is 38.7 Å². The molecule has 1 saturated heterocycles. The maximum absolute atomic E-state index is 14.2. The summed E-state index contributed by atoms with van der Waals surface area (Å²) in [5, 5.41) is 10.6. The fraction of sp³-hybridized carbons (Fsp3) is 0.368. The van der Waals surface area contributed by atoms with E-state index in [1.54, 1.807) is 25.1 Å². The fourth-order valence-electron chi connectivity index (χ4n) is 2.81. The van der Waals surface area contributed by atoms with Gasteiger partial charge in [-0.05, 0) is 61.6 Å². The van der Waals surface area contributed by atoms with Crippen molar-refractivity contribution in [2.45, 2.75) is 19.8 Å². The van der Waals surface area contributed by atoms with Gasteiger partial charge in [-0.2, -0.15) is 0 Å². The van der Waals surface area contributed by atoms with Gasteiger partial charge in [-0.3, -0.25) is 0 Å². The molecule has 0 aliphatic carbocycles. The molecule has 1 aliphatic rings. The standard InChI is InChI=1S/C19H20ClFO3/c1-12-8-19(22)16(10-17(12)20)15-9-14(2-3-18(15)21)24-11-13-4-6-23-7-5-13/h2-3,8-10,13,22H,4-7,11H2,1H3. The highest BCUT2D eigenvalue weighted by molar-refractivity contribution is 6.31. The second-order valence-electron chi connectivity index (χ2n) is 6.13. The lowest BCUT2D eigenvalue weighted by atomic mass is 10.0. The molecule has 0 saturated carbocycles. The lowest BCUT2D eigenvalue weighted by Gasteiger charge is -2.22. The van der Waals surface area contributed by atoms with E-state index < -0.39 is 5.82 Å². The van der Waals surface area contributed by atoms with Gasteiger partial charge in [0.15, 0.2) is 0 Å². The van der Waals surface area contributed by atoms with Crippen LogP contribution in [0, 0.1) is 18.7 Å². The van der Waals surface area contributed by atoms with Gasteiger partial charge in [0.2, 0.25) is 0 Å². The zero-order chi connectivity index (χ0) is 17.1. The second kappa shape index (κ2) is 7.41. The molecule has 0 spiro atoms. The molecule has 3 rings (SSSR count). The summed E-state index contributed by atoms with van der Waals surface area (Å²) >= 11 is 6.11. The van der Waals surface area contributed by atoms with E-state index in [2.05, 4.69) is 0 Å². The third kappa shape index (κ3) is 3.82. The van der Waals surface area contributed by atoms with Gasteiger partial charge in [0.25, 0.3) is 0 Å². The minimum Gasteiger partial charge on any atom is -0.507 e. The number of phenols is 1. The zero-order valence-electron chi connectivity index (χ0n) is 13.5. The summed E-state index contributed by atoms with van der Waals surface area (Å²) in [4.78, 5) is 0. The first-order valence-electron chi connectivity index (χ1n) is 8.04. The van der Waals surface area contributed by atoms with Gasteiger partial charge in [0.1, 0.15) is 17.3 Å². The van der Waals surface area contributed by atoms with Crippen LogP contribution in [0.2, 0.25) is 5.02 Å². The molecule has 5 heteroatoms. The highest BCUT2D eigenvalue weighted by Crippen LogP contribution is 2.37. The molecule has 0 unspecified atom stereocenters. The van der Waals surface area contributed by atoms with Gasteiger partial charge < -0.3 is 14.6 Å². The molecular formula is C19H20ClFO3. The molecule has 0 amide bonds. The summed E-state index contributed by atoms with van der Waals surface area (Å²) < 4.78 is 25.4. The Morgan fingerprint density at radius 1 is 1.21 bits per heavy atom. The summed E-state index contributed by atoms with van der Waals surface area (Å²) in [5.74, 6) is 0.601. The fourth-order valence-corrected chi connectivity index (χ4v) is 2.97. The van der Waals surface area contributed by atoms with E-state index in [1.807, 2.05) is 0 Å². The van der Waals surface area contributed by atoms with Gasteiger partial charge >= 0.3 is 0 Å². The van der Waals surface area contributed by atoms with Crippen molar-refractivity contribution in [1.82, 2.24) is 0 Å². The quantitative estimate of drug-likeness (QED) is 0.846. The van der Waals surface area contributed by atoms with Gasteiger partial charge in [0.05, 0.1) is 6.61 Å². The van der Waals surface area contributed by atoms with Crippen LogP contribution in [0.25, 0.3) is 11.1 Å². The number of benzene rings is 2. The van der Waals surface area contributed by atoms with Gasteiger partial charge in [-0.1, -0.05) is 11.6 Å². The predicted octanol–water partition coefficient (Wildman–Crippen LogP) is 4.97. The molecule has 2 aromatic rings. The SMILES string of the molecule is Cc1cc(O)c(-c2cc(OCC3CCOCC3)ccc2F)cc1Cl. The van der Waals surface area contributed by atoms with Crippen molar-refractivity contribution >= 4 is 11.6 Å². The Bertz CT molecular complexity index is 727. The highest BCUT2D eigenvalue weighted by atomic mass is 35.5. The molecule has 0 atom stereocenters. The van der Waals surface area contributed by atoms with E-state index in [1.165, 1.54) is 12.1 Å². The van der Waals surface area contributed by atoms with Crippen LogP contribution in [0.15, 0.2) is 30.3 Å². The summed E-state index contributed by atoms with van der Waals surface area (Å²) in [6, 6.07) is 7.67. The second-order valence-corrected chi connectivity index (χ2v) is 6.53. The van der Waals surface area contributed by atoms with Crippen LogP contribution < -0.4 is 4.74 Å². The Kier molecular flexibility index (Phi) is 5.27. The van der Waals surface area contributed by atoms with Crippen molar-refractivity contribution in [2.24, 2.45) is 5.92 Å². The first-order chi connectivity index (χ1) is 11.5. The number of hydrogen-bond acceptors (Lipinski definition) is 3. The molecule has 128 valence electrons. The van der Waals surface area contributed by atoms with Crippen molar-refractivity contribution in [3.05, 3.63) is 46.7 Å². The number of hydrogen-bond donors (Lipinski definition) is 1. The Balaban J connectivity index is 1.82. The number of ether oxygens (including phenoxy) is 2. The van der Waals surface area contributed by atoms with Crippen molar-refractivity contribution in [1.29, 1.82) is 0 Å². The molecule has 1 heterocycles. The first kappa shape index (κ1) is 17.1. The molecule has 0 aromatic heterocycles. The van der Waals surface area contributed by atoms with Crippen molar-refractivity contribution < 1.29 is 19.0 Å². The van der Waals surface area contributed by atoms with Gasteiger partial charge in [0, 0.05) is 29.4 Å². The van der Waals surface area contributed by atoms with Crippen LogP contribution in [0.5, 0.6) is 11.5 Å². The smallest absolute Gasteiger partial charge is 0.131 e. The lowest BCUT2D eigenvalue weighted by Crippen LogP contribution is -2.21. The van der Waals surface area contributed by atoms with Crippen molar-refractivity contribution in [2.75, 3.05) is 19.8 Å². The molecule has 2 aromatic carbocycles. The molecule has 0 bridgehead atoms. The summed E-state index contributed by atoms with van der Waals surface area (Å²) in [5.41, 5.74) is 1.38. The average Bonchev–Trinajstić information content (AvgIpc) is 2.58.